The summed E-state index contributed by atoms with van der Waals surface area (Å²) in [5.41, 5.74) is 1.06. The number of aromatic nitrogens is 2. The highest BCUT2D eigenvalue weighted by Gasteiger charge is 2.50. The van der Waals surface area contributed by atoms with Crippen LogP contribution in [0.4, 0.5) is 5.69 Å². The van der Waals surface area contributed by atoms with E-state index in [4.69, 9.17) is 9.47 Å². The number of H-pyrrole nitrogens is 2. The third kappa shape index (κ3) is 2.28. The maximum atomic E-state index is 12.4. The van der Waals surface area contributed by atoms with Gasteiger partial charge in [0.1, 0.15) is 11.3 Å². The van der Waals surface area contributed by atoms with Crippen LogP contribution in [0.15, 0.2) is 40.2 Å². The van der Waals surface area contributed by atoms with Gasteiger partial charge in [0.2, 0.25) is 0 Å². The predicted molar refractivity (Wildman–Crippen MR) is 89.4 cm³/mol. The molecule has 7 nitrogen and oxygen atoms in total. The summed E-state index contributed by atoms with van der Waals surface area (Å²) in [6.45, 7) is 4.30. The van der Waals surface area contributed by atoms with Gasteiger partial charge < -0.3 is 24.3 Å². The number of morpholine rings is 1. The second kappa shape index (κ2) is 5.61. The molecule has 0 radical (unpaired) electrons. The largest absolute Gasteiger partial charge is 0.375 e. The van der Waals surface area contributed by atoms with Crippen LogP contribution in [0.5, 0.6) is 0 Å². The highest BCUT2D eigenvalue weighted by molar-refractivity contribution is 5.66. The molecule has 0 aromatic carbocycles. The molecule has 0 bridgehead atoms. The second-order valence-corrected chi connectivity index (χ2v) is 6.29. The molecule has 1 spiro atoms. The van der Waals surface area contributed by atoms with Crippen molar-refractivity contribution in [2.24, 2.45) is 0 Å². The van der Waals surface area contributed by atoms with Crippen molar-refractivity contribution in [1.29, 1.82) is 0 Å². The number of nitrogens with one attached hydrogen (secondary N) is 2. The maximum absolute atomic E-state index is 12.4. The first-order chi connectivity index (χ1) is 11.6. The standard InChI is InChI=1S/C17H19N3O4/c1-11-17(9-23-10-17)24-6-5-20(11)14-7-12(8-19-16(14)22)13-3-2-4-18-15(13)21/h2-4,7-8,11H,5-6,9-10H2,1H3,(H,18,21)(H,19,22). The van der Waals surface area contributed by atoms with Gasteiger partial charge in [-0.1, -0.05) is 0 Å². The van der Waals surface area contributed by atoms with Crippen molar-refractivity contribution in [1.82, 2.24) is 9.97 Å². The van der Waals surface area contributed by atoms with E-state index >= 15 is 0 Å². The molecule has 7 heteroatoms. The monoisotopic (exact) mass is 329 g/mol. The fourth-order valence-electron chi connectivity index (χ4n) is 3.39. The Bertz CT molecular complexity index is 868. The number of hydrogen-bond donors (Lipinski definition) is 2. The normalized spacial score (nSPS) is 22.4. The number of hydrogen-bond acceptors (Lipinski definition) is 5. The highest BCUT2D eigenvalue weighted by Crippen LogP contribution is 2.34. The highest BCUT2D eigenvalue weighted by atomic mass is 16.6. The average molecular weight is 329 g/mol. The van der Waals surface area contributed by atoms with Gasteiger partial charge in [-0.15, -0.1) is 0 Å². The molecule has 2 N–H and O–H groups in total. The Kier molecular flexibility index (Phi) is 3.54. The molecule has 0 saturated carbocycles. The minimum atomic E-state index is -0.342. The summed E-state index contributed by atoms with van der Waals surface area (Å²) in [4.78, 5) is 31.9. The summed E-state index contributed by atoms with van der Waals surface area (Å²) < 4.78 is 11.2. The predicted octanol–water partition coefficient (Wildman–Crippen LogP) is 0.724. The molecule has 4 heterocycles. The molecule has 24 heavy (non-hydrogen) atoms. The number of pyridine rings is 2. The van der Waals surface area contributed by atoms with Crippen molar-refractivity contribution in [3.8, 4) is 11.1 Å². The maximum Gasteiger partial charge on any atom is 0.271 e. The van der Waals surface area contributed by atoms with E-state index < -0.39 is 0 Å². The molecule has 2 aromatic heterocycles. The van der Waals surface area contributed by atoms with Crippen molar-refractivity contribution >= 4 is 5.69 Å². The Labute approximate surface area is 138 Å². The van der Waals surface area contributed by atoms with Gasteiger partial charge in [-0.2, -0.15) is 0 Å². The summed E-state index contributed by atoms with van der Waals surface area (Å²) >= 11 is 0. The van der Waals surface area contributed by atoms with Crippen molar-refractivity contribution in [3.63, 3.8) is 0 Å². The van der Waals surface area contributed by atoms with Crippen LogP contribution in [-0.4, -0.2) is 48.0 Å². The summed E-state index contributed by atoms with van der Waals surface area (Å²) in [5.74, 6) is 0. The van der Waals surface area contributed by atoms with Gasteiger partial charge in [0.15, 0.2) is 0 Å². The van der Waals surface area contributed by atoms with Crippen LogP contribution in [0.1, 0.15) is 6.92 Å². The Morgan fingerprint density at radius 3 is 2.79 bits per heavy atom. The zero-order valence-electron chi connectivity index (χ0n) is 13.4. The van der Waals surface area contributed by atoms with Crippen LogP contribution < -0.4 is 16.0 Å². The van der Waals surface area contributed by atoms with Gasteiger partial charge in [0, 0.05) is 30.1 Å². The minimum Gasteiger partial charge on any atom is -0.375 e. The quantitative estimate of drug-likeness (QED) is 0.848. The second-order valence-electron chi connectivity index (χ2n) is 6.29. The van der Waals surface area contributed by atoms with Crippen LogP contribution in [0, 0.1) is 0 Å². The zero-order valence-corrected chi connectivity index (χ0v) is 13.4. The molecule has 2 aromatic rings. The fourth-order valence-corrected chi connectivity index (χ4v) is 3.39. The van der Waals surface area contributed by atoms with E-state index in [1.54, 1.807) is 30.6 Å². The number of aromatic amines is 2. The van der Waals surface area contributed by atoms with Gasteiger partial charge in [-0.3, -0.25) is 9.59 Å². The lowest BCUT2D eigenvalue weighted by Gasteiger charge is -2.53. The third-order valence-electron chi connectivity index (χ3n) is 4.97. The number of anilines is 1. The minimum absolute atomic E-state index is 0.0189. The SMILES string of the molecule is CC1N(c2cc(-c3ccc[nH]c3=O)c[nH]c2=O)CCOC12COC2. The molecule has 2 saturated heterocycles. The van der Waals surface area contributed by atoms with Crippen LogP contribution in [0.2, 0.25) is 0 Å². The summed E-state index contributed by atoms with van der Waals surface area (Å²) in [7, 11) is 0. The molecule has 2 aliphatic rings. The van der Waals surface area contributed by atoms with E-state index in [1.807, 2.05) is 11.8 Å². The van der Waals surface area contributed by atoms with Crippen LogP contribution in [-0.2, 0) is 9.47 Å². The van der Waals surface area contributed by atoms with E-state index in [2.05, 4.69) is 9.97 Å². The van der Waals surface area contributed by atoms with Crippen LogP contribution >= 0.6 is 0 Å². The molecule has 2 fully saturated rings. The summed E-state index contributed by atoms with van der Waals surface area (Å²) in [6.07, 6.45) is 3.16. The van der Waals surface area contributed by atoms with Gasteiger partial charge in [-0.25, -0.2) is 0 Å². The Morgan fingerprint density at radius 2 is 2.08 bits per heavy atom. The van der Waals surface area contributed by atoms with E-state index in [-0.39, 0.29) is 22.8 Å². The summed E-state index contributed by atoms with van der Waals surface area (Å²) in [5, 5.41) is 0. The lowest BCUT2D eigenvalue weighted by Crippen LogP contribution is -2.68. The molecule has 1 atom stereocenters. The smallest absolute Gasteiger partial charge is 0.271 e. The van der Waals surface area contributed by atoms with E-state index in [1.165, 1.54) is 0 Å². The third-order valence-corrected chi connectivity index (χ3v) is 4.97. The molecule has 4 rings (SSSR count). The molecule has 126 valence electrons. The first-order valence-electron chi connectivity index (χ1n) is 8.00. The topological polar surface area (TPSA) is 87.4 Å². The Balaban J connectivity index is 1.76. The zero-order chi connectivity index (χ0) is 16.7. The molecule has 2 aliphatic heterocycles. The van der Waals surface area contributed by atoms with E-state index in [9.17, 15) is 9.59 Å². The van der Waals surface area contributed by atoms with Crippen LogP contribution in [0.25, 0.3) is 11.1 Å². The Hall–Kier alpha value is -2.38. The fraction of sp³-hybridized carbons (Fsp3) is 0.412. The van der Waals surface area contributed by atoms with Gasteiger partial charge >= 0.3 is 0 Å². The number of nitrogens with zero attached hydrogens (tertiary/aromatic N) is 1. The van der Waals surface area contributed by atoms with Crippen LogP contribution in [0.3, 0.4) is 0 Å². The van der Waals surface area contributed by atoms with E-state index in [0.717, 1.165) is 0 Å². The van der Waals surface area contributed by atoms with Crippen molar-refractivity contribution in [2.45, 2.75) is 18.6 Å². The number of ether oxygens (including phenoxy) is 2. The van der Waals surface area contributed by atoms with Gasteiger partial charge in [0.25, 0.3) is 11.1 Å². The Morgan fingerprint density at radius 1 is 1.25 bits per heavy atom. The van der Waals surface area contributed by atoms with Crippen molar-refractivity contribution < 1.29 is 9.47 Å². The first kappa shape index (κ1) is 15.2. The molecular formula is C17H19N3O4. The molecular weight excluding hydrogens is 310 g/mol. The lowest BCUT2D eigenvalue weighted by atomic mass is 9.90. The van der Waals surface area contributed by atoms with Crippen molar-refractivity contribution in [3.05, 3.63) is 51.3 Å². The average Bonchev–Trinajstić information content (AvgIpc) is 2.55. The van der Waals surface area contributed by atoms with E-state index in [0.29, 0.717) is 43.2 Å². The molecule has 0 amide bonds. The molecule has 1 unspecified atom stereocenters. The lowest BCUT2D eigenvalue weighted by molar-refractivity contribution is -0.228. The first-order valence-corrected chi connectivity index (χ1v) is 8.00. The van der Waals surface area contributed by atoms with Gasteiger partial charge in [-0.05, 0) is 25.1 Å². The summed E-state index contributed by atoms with van der Waals surface area (Å²) in [6, 6.07) is 5.29. The number of rotatable bonds is 2. The molecule has 0 aliphatic carbocycles. The van der Waals surface area contributed by atoms with Crippen molar-refractivity contribution in [2.75, 3.05) is 31.3 Å². The van der Waals surface area contributed by atoms with Gasteiger partial charge in [0.05, 0.1) is 25.9 Å².